The average molecular weight is 586 g/mol. The van der Waals surface area contributed by atoms with Crippen molar-refractivity contribution in [2.45, 2.75) is 0 Å². The van der Waals surface area contributed by atoms with Crippen molar-refractivity contribution in [2.24, 2.45) is 0 Å². The van der Waals surface area contributed by atoms with E-state index in [1.54, 1.807) is 0 Å². The Balaban J connectivity index is 1.00. The van der Waals surface area contributed by atoms with Crippen LogP contribution >= 0.6 is 0 Å². The van der Waals surface area contributed by atoms with Crippen LogP contribution in [0.5, 0.6) is 11.5 Å². The molecule has 0 saturated heterocycles. The molecule has 0 unspecified atom stereocenters. The number of para-hydroxylation sites is 1. The summed E-state index contributed by atoms with van der Waals surface area (Å²) in [5, 5.41) is 7.46. The van der Waals surface area contributed by atoms with Gasteiger partial charge in [-0.3, -0.25) is 0 Å². The quantitative estimate of drug-likeness (QED) is 0.201. The molecule has 0 aliphatic carbocycles. The predicted octanol–water partition coefficient (Wildman–Crippen LogP) is 12.2. The van der Waals surface area contributed by atoms with E-state index in [0.717, 1.165) is 22.7 Å². The molecule has 0 amide bonds. The van der Waals surface area contributed by atoms with Crippen LogP contribution in [0.1, 0.15) is 0 Å². The second-order valence-corrected chi connectivity index (χ2v) is 12.2. The first-order valence-corrected chi connectivity index (χ1v) is 15.8. The van der Waals surface area contributed by atoms with Crippen molar-refractivity contribution in [1.82, 2.24) is 4.57 Å². The lowest BCUT2D eigenvalue weighted by Gasteiger charge is -2.22. The summed E-state index contributed by atoms with van der Waals surface area (Å²) in [7, 11) is 0. The third kappa shape index (κ3) is 3.77. The maximum Gasteiger partial charge on any atom is 0.135 e. The highest BCUT2D eigenvalue weighted by Gasteiger charge is 2.20. The van der Waals surface area contributed by atoms with Crippen LogP contribution in [0.25, 0.3) is 82.4 Å². The Morgan fingerprint density at radius 3 is 1.80 bits per heavy atom. The van der Waals surface area contributed by atoms with Gasteiger partial charge in [-0.1, -0.05) is 115 Å². The van der Waals surface area contributed by atoms with E-state index < -0.39 is 0 Å². The molecule has 46 heavy (non-hydrogen) atoms. The fraction of sp³-hybridized carbons (Fsp3) is 0. The third-order valence-electron chi connectivity index (χ3n) is 9.57. The molecule has 0 spiro atoms. The van der Waals surface area contributed by atoms with Gasteiger partial charge in [-0.25, -0.2) is 0 Å². The van der Waals surface area contributed by atoms with Gasteiger partial charge in [0.1, 0.15) is 11.5 Å². The number of benzene rings is 8. The summed E-state index contributed by atoms with van der Waals surface area (Å²) < 4.78 is 8.71. The molecule has 0 radical (unpaired) electrons. The number of ether oxygens (including phenoxy) is 1. The largest absolute Gasteiger partial charge is 0.456 e. The molecule has 2 heteroatoms. The maximum absolute atomic E-state index is 6.32. The summed E-state index contributed by atoms with van der Waals surface area (Å²) in [6.45, 7) is 0. The van der Waals surface area contributed by atoms with E-state index in [-0.39, 0.29) is 0 Å². The van der Waals surface area contributed by atoms with Crippen LogP contribution in [-0.2, 0) is 0 Å². The second kappa shape index (κ2) is 9.69. The lowest BCUT2D eigenvalue weighted by Crippen LogP contribution is -1.97. The summed E-state index contributed by atoms with van der Waals surface area (Å²) in [5.74, 6) is 1.83. The fourth-order valence-electron chi connectivity index (χ4n) is 7.33. The SMILES string of the molecule is c1ccc2cc3c(cc2c1)c1ccccc1n3-c1ccc(-c2ccc(-c3ccc4c(c3)-c3cccc5cccc(c35)O4)cc2)cc1. The summed E-state index contributed by atoms with van der Waals surface area (Å²) in [4.78, 5) is 0. The zero-order valence-corrected chi connectivity index (χ0v) is 24.9. The molecular weight excluding hydrogens is 558 g/mol. The monoisotopic (exact) mass is 585 g/mol. The van der Waals surface area contributed by atoms with Crippen molar-refractivity contribution >= 4 is 43.4 Å². The molecule has 9 aromatic rings. The van der Waals surface area contributed by atoms with E-state index in [1.165, 1.54) is 71.2 Å². The molecule has 2 heterocycles. The molecule has 1 aliphatic heterocycles. The van der Waals surface area contributed by atoms with Crippen molar-refractivity contribution in [1.29, 1.82) is 0 Å². The van der Waals surface area contributed by atoms with Crippen LogP contribution in [0, 0.1) is 0 Å². The standard InChI is InChI=1S/C44H27NO/c1-2-8-33-27-41-38(25-32(33)7-1)36-11-3-4-13-40(36)45(41)35-22-19-29(20-23-35)28-15-17-30(18-16-28)34-21-24-42-39(26-34)37-12-5-9-31-10-6-14-43(46-42)44(31)37/h1-27H. The lowest BCUT2D eigenvalue weighted by atomic mass is 9.92. The Kier molecular flexibility index (Phi) is 5.31. The Bertz CT molecular complexity index is 2640. The average Bonchev–Trinajstić information content (AvgIpc) is 3.44. The Morgan fingerprint density at radius 2 is 1.00 bits per heavy atom. The highest BCUT2D eigenvalue weighted by atomic mass is 16.5. The molecule has 0 N–H and O–H groups in total. The molecular formula is C44H27NO. The fourth-order valence-corrected chi connectivity index (χ4v) is 7.33. The van der Waals surface area contributed by atoms with E-state index in [1.807, 2.05) is 0 Å². The van der Waals surface area contributed by atoms with Crippen LogP contribution < -0.4 is 4.74 Å². The minimum Gasteiger partial charge on any atom is -0.456 e. The molecule has 10 rings (SSSR count). The molecule has 1 aliphatic rings. The Hall–Kier alpha value is -6.12. The number of hydrogen-bond donors (Lipinski definition) is 0. The van der Waals surface area contributed by atoms with Crippen LogP contribution in [0.4, 0.5) is 0 Å². The number of hydrogen-bond acceptors (Lipinski definition) is 1. The van der Waals surface area contributed by atoms with Gasteiger partial charge >= 0.3 is 0 Å². The summed E-state index contributed by atoms with van der Waals surface area (Å²) >= 11 is 0. The zero-order chi connectivity index (χ0) is 30.2. The van der Waals surface area contributed by atoms with Gasteiger partial charge in [0, 0.05) is 27.4 Å². The second-order valence-electron chi connectivity index (χ2n) is 12.2. The molecule has 0 fully saturated rings. The van der Waals surface area contributed by atoms with Gasteiger partial charge in [0.25, 0.3) is 0 Å². The van der Waals surface area contributed by atoms with Crippen LogP contribution in [0.2, 0.25) is 0 Å². The first kappa shape index (κ1) is 25.2. The van der Waals surface area contributed by atoms with Crippen molar-refractivity contribution in [3.63, 3.8) is 0 Å². The lowest BCUT2D eigenvalue weighted by molar-refractivity contribution is 0.487. The first-order valence-electron chi connectivity index (χ1n) is 15.8. The highest BCUT2D eigenvalue weighted by Crippen LogP contribution is 2.47. The van der Waals surface area contributed by atoms with E-state index in [0.29, 0.717) is 0 Å². The number of nitrogens with zero attached hydrogens (tertiary/aromatic N) is 1. The molecule has 1 aromatic heterocycles. The van der Waals surface area contributed by atoms with E-state index in [2.05, 4.69) is 168 Å². The summed E-state index contributed by atoms with van der Waals surface area (Å²) in [6, 6.07) is 59.1. The maximum atomic E-state index is 6.32. The van der Waals surface area contributed by atoms with Crippen molar-refractivity contribution in [3.8, 4) is 50.6 Å². The molecule has 0 saturated carbocycles. The summed E-state index contributed by atoms with van der Waals surface area (Å²) in [6.07, 6.45) is 0. The van der Waals surface area contributed by atoms with E-state index in [4.69, 9.17) is 4.74 Å². The topological polar surface area (TPSA) is 14.2 Å². The minimum absolute atomic E-state index is 0.906. The normalized spacial score (nSPS) is 12.1. The molecule has 0 bridgehead atoms. The van der Waals surface area contributed by atoms with E-state index >= 15 is 0 Å². The number of aromatic nitrogens is 1. The van der Waals surface area contributed by atoms with Gasteiger partial charge in [-0.15, -0.1) is 0 Å². The van der Waals surface area contributed by atoms with Crippen molar-refractivity contribution < 1.29 is 4.74 Å². The highest BCUT2D eigenvalue weighted by molar-refractivity contribution is 6.13. The molecule has 8 aromatic carbocycles. The van der Waals surface area contributed by atoms with Gasteiger partial charge in [0.2, 0.25) is 0 Å². The van der Waals surface area contributed by atoms with Gasteiger partial charge in [-0.05, 0) is 92.5 Å². The van der Waals surface area contributed by atoms with Crippen molar-refractivity contribution in [3.05, 3.63) is 164 Å². The third-order valence-corrected chi connectivity index (χ3v) is 9.57. The van der Waals surface area contributed by atoms with Gasteiger partial charge < -0.3 is 9.30 Å². The summed E-state index contributed by atoms with van der Waals surface area (Å²) in [5.41, 5.74) is 10.7. The van der Waals surface area contributed by atoms with E-state index in [9.17, 15) is 0 Å². The number of rotatable bonds is 3. The van der Waals surface area contributed by atoms with Crippen LogP contribution in [-0.4, -0.2) is 4.57 Å². The molecule has 2 nitrogen and oxygen atoms in total. The smallest absolute Gasteiger partial charge is 0.135 e. The molecule has 0 atom stereocenters. The predicted molar refractivity (Wildman–Crippen MR) is 192 cm³/mol. The van der Waals surface area contributed by atoms with Gasteiger partial charge in [-0.2, -0.15) is 0 Å². The zero-order valence-electron chi connectivity index (χ0n) is 24.9. The number of fused-ring (bicyclic) bond motifs is 6. The first-order chi connectivity index (χ1) is 22.8. The minimum atomic E-state index is 0.906. The molecule has 214 valence electrons. The van der Waals surface area contributed by atoms with Crippen LogP contribution in [0.15, 0.2) is 164 Å². The Morgan fingerprint density at radius 1 is 0.370 bits per heavy atom. The van der Waals surface area contributed by atoms with Crippen LogP contribution in [0.3, 0.4) is 0 Å². The van der Waals surface area contributed by atoms with Gasteiger partial charge in [0.15, 0.2) is 0 Å². The van der Waals surface area contributed by atoms with Crippen molar-refractivity contribution in [2.75, 3.05) is 0 Å². The Labute approximate surface area is 266 Å². The van der Waals surface area contributed by atoms with Gasteiger partial charge in [0.05, 0.1) is 11.0 Å².